The molecular weight excluding hydrogens is 372 g/mol. The molecule has 11 heteroatoms. The van der Waals surface area contributed by atoms with Crippen molar-refractivity contribution in [3.8, 4) is 0 Å². The van der Waals surface area contributed by atoms with Crippen molar-refractivity contribution in [1.82, 2.24) is 9.97 Å². The molecule has 0 saturated heterocycles. The summed E-state index contributed by atoms with van der Waals surface area (Å²) in [4.78, 5) is 28.0. The van der Waals surface area contributed by atoms with Crippen LogP contribution in [-0.2, 0) is 12.6 Å². The van der Waals surface area contributed by atoms with Crippen LogP contribution in [0.1, 0.15) is 16.8 Å². The minimum Gasteiger partial charge on any atom is -0.351 e. The number of benzene rings is 1. The Kier molecular flexibility index (Phi) is 5.05. The summed E-state index contributed by atoms with van der Waals surface area (Å²) >= 11 is 11.6. The predicted octanol–water partition coefficient (Wildman–Crippen LogP) is 3.18. The zero-order valence-electron chi connectivity index (χ0n) is 11.7. The number of anilines is 1. The van der Waals surface area contributed by atoms with Crippen LogP contribution < -0.4 is 16.6 Å². The van der Waals surface area contributed by atoms with E-state index in [9.17, 15) is 22.8 Å². The van der Waals surface area contributed by atoms with E-state index in [4.69, 9.17) is 28.9 Å². The van der Waals surface area contributed by atoms with Crippen LogP contribution in [0.3, 0.4) is 0 Å². The van der Waals surface area contributed by atoms with Gasteiger partial charge in [0.15, 0.2) is 5.69 Å². The molecular formula is C13H9Cl2F3N4O2. The molecule has 1 aromatic heterocycles. The molecule has 0 aliphatic heterocycles. The Morgan fingerprint density at radius 2 is 1.96 bits per heavy atom. The van der Waals surface area contributed by atoms with Crippen LogP contribution in [0.5, 0.6) is 0 Å². The van der Waals surface area contributed by atoms with E-state index in [1.165, 1.54) is 18.2 Å². The van der Waals surface area contributed by atoms with Crippen molar-refractivity contribution in [2.75, 3.05) is 5.32 Å². The molecule has 0 fully saturated rings. The third-order valence-corrected chi connectivity index (χ3v) is 3.63. The Morgan fingerprint density at radius 1 is 1.29 bits per heavy atom. The highest BCUT2D eigenvalue weighted by molar-refractivity contribution is 6.42. The van der Waals surface area contributed by atoms with E-state index >= 15 is 0 Å². The van der Waals surface area contributed by atoms with Crippen molar-refractivity contribution >= 4 is 35.2 Å². The van der Waals surface area contributed by atoms with Gasteiger partial charge in [0.2, 0.25) is 5.95 Å². The first-order chi connectivity index (χ1) is 11.1. The minimum absolute atomic E-state index is 0.138. The van der Waals surface area contributed by atoms with Gasteiger partial charge in [0, 0.05) is 6.42 Å². The third kappa shape index (κ3) is 4.18. The number of H-pyrrole nitrogens is 1. The second-order valence-electron chi connectivity index (χ2n) is 4.65. The van der Waals surface area contributed by atoms with Gasteiger partial charge in [0.25, 0.3) is 5.56 Å². The average Bonchev–Trinajstić information content (AvgIpc) is 2.43. The maximum absolute atomic E-state index is 13.2. The summed E-state index contributed by atoms with van der Waals surface area (Å²) in [7, 11) is 0. The molecule has 0 spiro atoms. The molecule has 0 radical (unpaired) electrons. The number of alkyl halides is 3. The largest absolute Gasteiger partial charge is 0.433 e. The molecule has 128 valence electrons. The van der Waals surface area contributed by atoms with E-state index in [0.29, 0.717) is 5.56 Å². The van der Waals surface area contributed by atoms with E-state index < -0.39 is 35.0 Å². The van der Waals surface area contributed by atoms with Crippen molar-refractivity contribution in [2.45, 2.75) is 12.6 Å². The molecule has 0 aliphatic rings. The van der Waals surface area contributed by atoms with Gasteiger partial charge in [0.05, 0.1) is 15.6 Å². The highest BCUT2D eigenvalue weighted by atomic mass is 35.5. The zero-order valence-corrected chi connectivity index (χ0v) is 13.2. The number of nitrogens with one attached hydrogen (secondary N) is 2. The second-order valence-corrected chi connectivity index (χ2v) is 5.47. The molecule has 0 atom stereocenters. The topological polar surface area (TPSA) is 101 Å². The highest BCUT2D eigenvalue weighted by Gasteiger charge is 2.37. The number of nitrogens with zero attached hydrogens (tertiary/aromatic N) is 1. The Bertz CT molecular complexity index is 852. The quantitative estimate of drug-likeness (QED) is 0.761. The van der Waals surface area contributed by atoms with Crippen molar-refractivity contribution in [1.29, 1.82) is 0 Å². The number of aromatic nitrogens is 2. The summed E-state index contributed by atoms with van der Waals surface area (Å²) in [6.07, 6.45) is -5.29. The summed E-state index contributed by atoms with van der Waals surface area (Å²) in [5.41, 5.74) is 2.02. The number of hydrogen-bond acceptors (Lipinski definition) is 3. The zero-order chi connectivity index (χ0) is 18.1. The molecule has 6 nitrogen and oxygen atoms in total. The number of primary amides is 1. The molecule has 1 heterocycles. The number of aromatic amines is 1. The molecule has 2 aromatic rings. The number of urea groups is 1. The van der Waals surface area contributed by atoms with E-state index in [-0.39, 0.29) is 16.5 Å². The van der Waals surface area contributed by atoms with Gasteiger partial charge in [-0.2, -0.15) is 13.2 Å². The van der Waals surface area contributed by atoms with Gasteiger partial charge in [-0.1, -0.05) is 29.3 Å². The molecule has 2 amide bonds. The minimum atomic E-state index is -4.91. The second kappa shape index (κ2) is 6.70. The third-order valence-electron chi connectivity index (χ3n) is 2.89. The van der Waals surface area contributed by atoms with Gasteiger partial charge in [-0.25, -0.2) is 9.78 Å². The fourth-order valence-corrected chi connectivity index (χ4v) is 2.25. The lowest BCUT2D eigenvalue weighted by Crippen LogP contribution is -2.28. The first-order valence-electron chi connectivity index (χ1n) is 6.28. The van der Waals surface area contributed by atoms with E-state index in [2.05, 4.69) is 4.98 Å². The Balaban J connectivity index is 2.53. The van der Waals surface area contributed by atoms with Crippen molar-refractivity contribution in [3.05, 3.63) is 55.4 Å². The van der Waals surface area contributed by atoms with Crippen LogP contribution >= 0.6 is 23.2 Å². The van der Waals surface area contributed by atoms with Crippen LogP contribution in [0.15, 0.2) is 23.0 Å². The van der Waals surface area contributed by atoms with Gasteiger partial charge >= 0.3 is 12.2 Å². The molecule has 2 rings (SSSR count). The van der Waals surface area contributed by atoms with Crippen molar-refractivity contribution < 1.29 is 18.0 Å². The standard InChI is InChI=1S/C13H9Cl2F3N4O2/c14-7-2-1-5(4-8(7)15)3-6-9(13(16,17)18)20-12(21-10(6)23)22-11(19)24/h1-2,4H,3H2,(H4,19,20,21,22,23,24). The van der Waals surface area contributed by atoms with Crippen LogP contribution in [0.2, 0.25) is 10.0 Å². The average molecular weight is 381 g/mol. The van der Waals surface area contributed by atoms with Crippen molar-refractivity contribution in [3.63, 3.8) is 0 Å². The van der Waals surface area contributed by atoms with Gasteiger partial charge in [0.1, 0.15) is 0 Å². The fraction of sp³-hybridized carbons (Fsp3) is 0.154. The monoisotopic (exact) mass is 380 g/mol. The number of amides is 2. The van der Waals surface area contributed by atoms with E-state index in [1.807, 2.05) is 4.98 Å². The fourth-order valence-electron chi connectivity index (χ4n) is 1.93. The Hall–Kier alpha value is -2.26. The number of carbonyl (C=O) groups is 1. The van der Waals surface area contributed by atoms with Crippen molar-refractivity contribution in [2.24, 2.45) is 5.73 Å². The Labute approximate surface area is 142 Å². The van der Waals surface area contributed by atoms with E-state index in [0.717, 1.165) is 0 Å². The molecule has 0 saturated carbocycles. The Morgan fingerprint density at radius 3 is 2.50 bits per heavy atom. The number of nitrogens with two attached hydrogens (primary N) is 1. The number of rotatable bonds is 3. The molecule has 1 aromatic carbocycles. The summed E-state index contributed by atoms with van der Waals surface area (Å²) in [6.45, 7) is 0. The first kappa shape index (κ1) is 18.1. The molecule has 0 aliphatic carbocycles. The predicted molar refractivity (Wildman–Crippen MR) is 82.3 cm³/mol. The number of halogens is 5. The lowest BCUT2D eigenvalue weighted by molar-refractivity contribution is -0.141. The summed E-state index contributed by atoms with van der Waals surface area (Å²) in [5.74, 6) is -0.697. The van der Waals surface area contributed by atoms with Gasteiger partial charge in [-0.15, -0.1) is 0 Å². The van der Waals surface area contributed by atoms with Crippen LogP contribution in [-0.4, -0.2) is 16.0 Å². The van der Waals surface area contributed by atoms with Gasteiger partial charge in [-0.05, 0) is 17.7 Å². The lowest BCUT2D eigenvalue weighted by Gasteiger charge is -2.13. The normalized spacial score (nSPS) is 11.4. The van der Waals surface area contributed by atoms with E-state index in [1.54, 1.807) is 5.32 Å². The molecule has 24 heavy (non-hydrogen) atoms. The van der Waals surface area contributed by atoms with Crippen LogP contribution in [0.4, 0.5) is 23.9 Å². The smallest absolute Gasteiger partial charge is 0.351 e. The summed E-state index contributed by atoms with van der Waals surface area (Å²) in [5, 5.41) is 2.16. The lowest BCUT2D eigenvalue weighted by atomic mass is 10.0. The summed E-state index contributed by atoms with van der Waals surface area (Å²) < 4.78 is 39.6. The number of carbonyl (C=O) groups excluding carboxylic acids is 1. The molecule has 0 unspecified atom stereocenters. The molecule has 4 N–H and O–H groups in total. The van der Waals surface area contributed by atoms with Gasteiger partial charge < -0.3 is 5.73 Å². The first-order valence-corrected chi connectivity index (χ1v) is 7.04. The van der Waals surface area contributed by atoms with Gasteiger partial charge in [-0.3, -0.25) is 15.1 Å². The highest BCUT2D eigenvalue weighted by Crippen LogP contribution is 2.31. The number of hydrogen-bond donors (Lipinski definition) is 3. The SMILES string of the molecule is NC(=O)Nc1nc(C(F)(F)F)c(Cc2ccc(Cl)c(Cl)c2)c(=O)[nH]1. The van der Waals surface area contributed by atoms with Crippen LogP contribution in [0.25, 0.3) is 0 Å². The molecule has 0 bridgehead atoms. The van der Waals surface area contributed by atoms with Crippen LogP contribution in [0, 0.1) is 0 Å². The maximum atomic E-state index is 13.2. The summed E-state index contributed by atoms with van der Waals surface area (Å²) in [6, 6.07) is 3.02. The maximum Gasteiger partial charge on any atom is 0.433 e.